The number of amides is 1. The Hall–Kier alpha value is -1.62. The molecule has 1 fully saturated rings. The van der Waals surface area contributed by atoms with Crippen LogP contribution in [-0.4, -0.2) is 30.0 Å². The molecule has 2 heterocycles. The molecule has 5 nitrogen and oxygen atoms in total. The molecule has 1 atom stereocenters. The van der Waals surface area contributed by atoms with Gasteiger partial charge in [-0.25, -0.2) is 0 Å². The summed E-state index contributed by atoms with van der Waals surface area (Å²) in [5.74, 6) is -0.216. The Labute approximate surface area is 93.3 Å². The Morgan fingerprint density at radius 1 is 1.44 bits per heavy atom. The zero-order valence-corrected chi connectivity index (χ0v) is 8.95. The van der Waals surface area contributed by atoms with Crippen LogP contribution in [0.3, 0.4) is 0 Å². The Bertz CT molecular complexity index is 421. The van der Waals surface area contributed by atoms with Gasteiger partial charge in [0.1, 0.15) is 5.69 Å². The Balaban J connectivity index is 1.99. The maximum Gasteiger partial charge on any atom is 0.268 e. The molecule has 1 saturated heterocycles. The third-order valence-corrected chi connectivity index (χ3v) is 2.65. The minimum absolute atomic E-state index is 0.157. The lowest BCUT2D eigenvalue weighted by atomic mass is 10.1. The molecule has 1 aromatic rings. The Morgan fingerprint density at radius 2 is 2.31 bits per heavy atom. The zero-order chi connectivity index (χ0) is 11.4. The van der Waals surface area contributed by atoms with Crippen molar-refractivity contribution in [1.82, 2.24) is 15.6 Å². The van der Waals surface area contributed by atoms with E-state index in [1.54, 1.807) is 12.1 Å². The molecule has 0 radical (unpaired) electrons. The van der Waals surface area contributed by atoms with E-state index in [-0.39, 0.29) is 17.5 Å². The first-order valence-corrected chi connectivity index (χ1v) is 5.46. The normalized spacial score (nSPS) is 20.4. The van der Waals surface area contributed by atoms with E-state index >= 15 is 0 Å². The lowest BCUT2D eigenvalue weighted by Gasteiger charge is -2.23. The van der Waals surface area contributed by atoms with Crippen molar-refractivity contribution in [3.63, 3.8) is 0 Å². The number of aromatic nitrogens is 1. The highest BCUT2D eigenvalue weighted by atomic mass is 16.2. The fourth-order valence-electron chi connectivity index (χ4n) is 1.82. The number of nitrogens with one attached hydrogen (secondary N) is 3. The third-order valence-electron chi connectivity index (χ3n) is 2.65. The van der Waals surface area contributed by atoms with Crippen molar-refractivity contribution in [3.05, 3.63) is 34.2 Å². The largest absolute Gasteiger partial charge is 0.347 e. The summed E-state index contributed by atoms with van der Waals surface area (Å²) in [6, 6.07) is 4.73. The number of aromatic amines is 1. The van der Waals surface area contributed by atoms with Crippen LogP contribution < -0.4 is 16.2 Å². The highest BCUT2D eigenvalue weighted by Crippen LogP contribution is 2.02. The van der Waals surface area contributed by atoms with Crippen molar-refractivity contribution in [2.45, 2.75) is 18.9 Å². The van der Waals surface area contributed by atoms with Gasteiger partial charge < -0.3 is 15.6 Å². The smallest absolute Gasteiger partial charge is 0.268 e. The van der Waals surface area contributed by atoms with E-state index in [1.165, 1.54) is 6.07 Å². The molecule has 0 bridgehead atoms. The highest BCUT2D eigenvalue weighted by molar-refractivity contribution is 5.92. The summed E-state index contributed by atoms with van der Waals surface area (Å²) in [6.45, 7) is 1.80. The second-order valence-electron chi connectivity index (χ2n) is 3.95. The van der Waals surface area contributed by atoms with E-state index < -0.39 is 0 Å². The van der Waals surface area contributed by atoms with Crippen LogP contribution in [0.2, 0.25) is 0 Å². The van der Waals surface area contributed by atoms with Gasteiger partial charge >= 0.3 is 0 Å². The summed E-state index contributed by atoms with van der Waals surface area (Å²) in [5.41, 5.74) is 0.0625. The van der Waals surface area contributed by atoms with E-state index in [4.69, 9.17) is 0 Å². The monoisotopic (exact) mass is 221 g/mol. The minimum atomic E-state index is -0.255. The van der Waals surface area contributed by atoms with Gasteiger partial charge in [-0.3, -0.25) is 9.59 Å². The minimum Gasteiger partial charge on any atom is -0.347 e. The fraction of sp³-hybridized carbons (Fsp3) is 0.455. The van der Waals surface area contributed by atoms with Gasteiger partial charge in [0.05, 0.1) is 0 Å². The van der Waals surface area contributed by atoms with E-state index in [1.807, 2.05) is 0 Å². The van der Waals surface area contributed by atoms with E-state index in [0.29, 0.717) is 5.69 Å². The number of carbonyl (C=O) groups is 1. The van der Waals surface area contributed by atoms with Crippen LogP contribution in [0.5, 0.6) is 0 Å². The number of hydrogen-bond donors (Lipinski definition) is 3. The van der Waals surface area contributed by atoms with Gasteiger partial charge in [-0.1, -0.05) is 6.07 Å². The summed E-state index contributed by atoms with van der Waals surface area (Å²) in [6.07, 6.45) is 2.05. The molecule has 1 unspecified atom stereocenters. The van der Waals surface area contributed by atoms with Crippen molar-refractivity contribution < 1.29 is 4.79 Å². The molecular formula is C11H15N3O2. The number of piperidine rings is 1. The van der Waals surface area contributed by atoms with Crippen LogP contribution in [0.4, 0.5) is 0 Å². The number of carbonyl (C=O) groups excluding carboxylic acids is 1. The predicted molar refractivity (Wildman–Crippen MR) is 60.4 cm³/mol. The maximum atomic E-state index is 11.8. The molecule has 1 aliphatic heterocycles. The molecule has 16 heavy (non-hydrogen) atoms. The van der Waals surface area contributed by atoms with Gasteiger partial charge in [0, 0.05) is 18.7 Å². The first-order chi connectivity index (χ1) is 7.75. The number of hydrogen-bond acceptors (Lipinski definition) is 3. The van der Waals surface area contributed by atoms with Gasteiger partial charge in [0.25, 0.3) is 5.91 Å². The number of H-pyrrole nitrogens is 1. The molecule has 1 aliphatic rings. The van der Waals surface area contributed by atoms with Crippen LogP contribution in [0.25, 0.3) is 0 Å². The molecular weight excluding hydrogens is 206 g/mol. The van der Waals surface area contributed by atoms with Gasteiger partial charge in [-0.2, -0.15) is 0 Å². The maximum absolute atomic E-state index is 11.8. The lowest BCUT2D eigenvalue weighted by Crippen LogP contribution is -2.46. The fourth-order valence-corrected chi connectivity index (χ4v) is 1.82. The van der Waals surface area contributed by atoms with Gasteiger partial charge in [-0.15, -0.1) is 0 Å². The standard InChI is InChI=1S/C11H15N3O2/c15-10-5-1-4-9(14-10)11(16)13-8-3-2-6-12-7-8/h1,4-5,8,12H,2-3,6-7H2,(H,13,16)(H,14,15). The van der Waals surface area contributed by atoms with E-state index in [0.717, 1.165) is 25.9 Å². The number of pyridine rings is 1. The molecule has 0 saturated carbocycles. The summed E-state index contributed by atoms with van der Waals surface area (Å²) in [4.78, 5) is 25.3. The van der Waals surface area contributed by atoms with Gasteiger partial charge in [0.15, 0.2) is 0 Å². The van der Waals surface area contributed by atoms with Crippen molar-refractivity contribution >= 4 is 5.91 Å². The van der Waals surface area contributed by atoms with E-state index in [9.17, 15) is 9.59 Å². The van der Waals surface area contributed by atoms with Crippen LogP contribution >= 0.6 is 0 Å². The molecule has 1 amide bonds. The van der Waals surface area contributed by atoms with Crippen LogP contribution in [0.15, 0.2) is 23.0 Å². The Kier molecular flexibility index (Phi) is 3.36. The van der Waals surface area contributed by atoms with Gasteiger partial charge in [-0.05, 0) is 25.5 Å². The third kappa shape index (κ3) is 2.70. The quantitative estimate of drug-likeness (QED) is 0.650. The van der Waals surface area contributed by atoms with E-state index in [2.05, 4.69) is 15.6 Å². The predicted octanol–water partition coefficient (Wildman–Crippen LogP) is -0.143. The second kappa shape index (κ2) is 4.94. The van der Waals surface area contributed by atoms with Gasteiger partial charge in [0.2, 0.25) is 5.56 Å². The molecule has 3 N–H and O–H groups in total. The number of rotatable bonds is 2. The second-order valence-corrected chi connectivity index (χ2v) is 3.95. The molecule has 5 heteroatoms. The van der Waals surface area contributed by atoms with Crippen molar-refractivity contribution in [2.75, 3.05) is 13.1 Å². The Morgan fingerprint density at radius 3 is 3.00 bits per heavy atom. The molecule has 0 aliphatic carbocycles. The van der Waals surface area contributed by atoms with Crippen LogP contribution in [0, 0.1) is 0 Å². The molecule has 86 valence electrons. The summed E-state index contributed by atoms with van der Waals surface area (Å²) < 4.78 is 0. The summed E-state index contributed by atoms with van der Waals surface area (Å²) in [5, 5.41) is 6.11. The zero-order valence-electron chi connectivity index (χ0n) is 8.95. The average molecular weight is 221 g/mol. The summed E-state index contributed by atoms with van der Waals surface area (Å²) in [7, 11) is 0. The highest BCUT2D eigenvalue weighted by Gasteiger charge is 2.16. The van der Waals surface area contributed by atoms with Crippen LogP contribution in [-0.2, 0) is 0 Å². The average Bonchev–Trinajstić information content (AvgIpc) is 2.30. The van der Waals surface area contributed by atoms with Crippen molar-refractivity contribution in [1.29, 1.82) is 0 Å². The molecule has 0 aromatic carbocycles. The molecule has 0 spiro atoms. The first-order valence-electron chi connectivity index (χ1n) is 5.46. The topological polar surface area (TPSA) is 74.0 Å². The SMILES string of the molecule is O=C(NC1CCCNC1)c1cccc(=O)[nH]1. The first kappa shape index (κ1) is 10.9. The lowest BCUT2D eigenvalue weighted by molar-refractivity contribution is 0.0925. The van der Waals surface area contributed by atoms with Crippen molar-refractivity contribution in [2.24, 2.45) is 0 Å². The van der Waals surface area contributed by atoms with Crippen LogP contribution in [0.1, 0.15) is 23.3 Å². The summed E-state index contributed by atoms with van der Waals surface area (Å²) >= 11 is 0. The molecule has 1 aromatic heterocycles. The van der Waals surface area contributed by atoms with Crippen molar-refractivity contribution in [3.8, 4) is 0 Å². The molecule has 2 rings (SSSR count).